The van der Waals surface area contributed by atoms with Crippen LogP contribution in [0.15, 0.2) is 65.2 Å². The lowest BCUT2D eigenvalue weighted by atomic mass is 10.1. The molecule has 10 nitrogen and oxygen atoms in total. The highest BCUT2D eigenvalue weighted by Crippen LogP contribution is 2.24. The van der Waals surface area contributed by atoms with Crippen LogP contribution in [0.3, 0.4) is 0 Å². The lowest BCUT2D eigenvalue weighted by Gasteiger charge is -2.15. The number of benzene rings is 2. The molecular formula is C22H21N5O5. The van der Waals surface area contributed by atoms with Crippen molar-refractivity contribution in [1.82, 2.24) is 20.5 Å². The summed E-state index contributed by atoms with van der Waals surface area (Å²) in [5.41, 5.74) is 7.74. The van der Waals surface area contributed by atoms with E-state index >= 15 is 0 Å². The van der Waals surface area contributed by atoms with Gasteiger partial charge in [0.25, 0.3) is 5.89 Å². The largest absolute Gasteiger partial charge is 0.445 e. The lowest BCUT2D eigenvalue weighted by Crippen LogP contribution is -2.30. The quantitative estimate of drug-likeness (QED) is 0.385. The molecule has 0 fully saturated rings. The molecule has 2 aromatic carbocycles. The maximum Gasteiger partial charge on any atom is 0.408 e. The fourth-order valence-electron chi connectivity index (χ4n) is 3.23. The number of hydrogen-bond donors (Lipinski definition) is 3. The Labute approximate surface area is 182 Å². The SMILES string of the molecule is NC(=O)OCc1nnc([C@H](Cc2c[nH]c3ccccc23)NC(=O)OCc2ccccc2)o1. The number of rotatable bonds is 8. The molecule has 0 aliphatic carbocycles. The molecule has 0 spiro atoms. The summed E-state index contributed by atoms with van der Waals surface area (Å²) in [4.78, 5) is 26.5. The number of fused-ring (bicyclic) bond motifs is 1. The van der Waals surface area contributed by atoms with E-state index in [1.165, 1.54) is 0 Å². The minimum atomic E-state index is -0.956. The summed E-state index contributed by atoms with van der Waals surface area (Å²) in [7, 11) is 0. The zero-order chi connectivity index (χ0) is 22.3. The molecular weight excluding hydrogens is 414 g/mol. The molecule has 10 heteroatoms. The normalized spacial score (nSPS) is 11.8. The molecule has 2 heterocycles. The van der Waals surface area contributed by atoms with Crippen molar-refractivity contribution in [3.05, 3.63) is 83.7 Å². The average Bonchev–Trinajstić information content (AvgIpc) is 3.44. The van der Waals surface area contributed by atoms with Crippen LogP contribution < -0.4 is 11.1 Å². The standard InChI is InChI=1S/C22H21N5O5/c23-21(28)30-13-19-26-27-20(32-19)18(10-15-11-24-17-9-5-4-8-16(15)17)25-22(29)31-12-14-6-2-1-3-7-14/h1-9,11,18,24H,10,12-13H2,(H2,23,28)(H,25,29)/t18-/m0/s1. The molecule has 4 N–H and O–H groups in total. The molecule has 0 aliphatic heterocycles. The van der Waals surface area contributed by atoms with Crippen LogP contribution in [0.1, 0.15) is 29.0 Å². The summed E-state index contributed by atoms with van der Waals surface area (Å²) in [6.07, 6.45) is 0.639. The van der Waals surface area contributed by atoms with Crippen molar-refractivity contribution >= 4 is 23.1 Å². The average molecular weight is 435 g/mol. The van der Waals surface area contributed by atoms with E-state index in [0.717, 1.165) is 22.0 Å². The van der Waals surface area contributed by atoms with Crippen molar-refractivity contribution in [2.24, 2.45) is 5.73 Å². The predicted octanol–water partition coefficient (Wildman–Crippen LogP) is 3.36. The Bertz CT molecular complexity index is 1200. The van der Waals surface area contributed by atoms with E-state index in [2.05, 4.69) is 25.2 Å². The second-order valence-corrected chi connectivity index (χ2v) is 6.96. The van der Waals surface area contributed by atoms with Gasteiger partial charge >= 0.3 is 12.2 Å². The zero-order valence-electron chi connectivity index (χ0n) is 17.0. The first-order chi connectivity index (χ1) is 15.6. The monoisotopic (exact) mass is 435 g/mol. The number of H-pyrrole nitrogens is 1. The number of carbonyl (C=O) groups is 2. The van der Waals surface area contributed by atoms with E-state index in [1.54, 1.807) is 0 Å². The number of primary amides is 1. The summed E-state index contributed by atoms with van der Waals surface area (Å²) in [6, 6.07) is 16.5. The van der Waals surface area contributed by atoms with Gasteiger partial charge in [-0.15, -0.1) is 10.2 Å². The van der Waals surface area contributed by atoms with Gasteiger partial charge in [0.2, 0.25) is 5.89 Å². The van der Waals surface area contributed by atoms with Crippen molar-refractivity contribution in [2.45, 2.75) is 25.7 Å². The number of nitrogens with one attached hydrogen (secondary N) is 2. The van der Waals surface area contributed by atoms with Crippen LogP contribution in [0.2, 0.25) is 0 Å². The fourth-order valence-corrected chi connectivity index (χ4v) is 3.23. The first kappa shape index (κ1) is 20.9. The maximum atomic E-state index is 12.5. The van der Waals surface area contributed by atoms with Crippen LogP contribution in [0.5, 0.6) is 0 Å². The lowest BCUT2D eigenvalue weighted by molar-refractivity contribution is 0.131. The predicted molar refractivity (Wildman–Crippen MR) is 113 cm³/mol. The van der Waals surface area contributed by atoms with Crippen LogP contribution in [0.25, 0.3) is 10.9 Å². The van der Waals surface area contributed by atoms with Crippen LogP contribution in [0, 0.1) is 0 Å². The third kappa shape index (κ3) is 5.22. The van der Waals surface area contributed by atoms with Gasteiger partial charge in [0, 0.05) is 23.5 Å². The van der Waals surface area contributed by atoms with Crippen LogP contribution in [-0.2, 0) is 29.1 Å². The second kappa shape index (κ2) is 9.65. The van der Waals surface area contributed by atoms with Gasteiger partial charge in [0.15, 0.2) is 6.61 Å². The number of nitrogens with zero attached hydrogens (tertiary/aromatic N) is 2. The maximum absolute atomic E-state index is 12.5. The number of aromatic amines is 1. The van der Waals surface area contributed by atoms with E-state index < -0.39 is 18.2 Å². The highest BCUT2D eigenvalue weighted by molar-refractivity contribution is 5.83. The van der Waals surface area contributed by atoms with Gasteiger partial charge in [-0.3, -0.25) is 0 Å². The number of para-hydroxylation sites is 1. The van der Waals surface area contributed by atoms with Gasteiger partial charge in [-0.25, -0.2) is 9.59 Å². The third-order valence-corrected chi connectivity index (χ3v) is 4.72. The Morgan fingerprint density at radius 1 is 1.03 bits per heavy atom. The first-order valence-corrected chi connectivity index (χ1v) is 9.85. The van der Waals surface area contributed by atoms with Gasteiger partial charge in [-0.1, -0.05) is 48.5 Å². The molecule has 2 aromatic heterocycles. The van der Waals surface area contributed by atoms with Crippen LogP contribution in [0.4, 0.5) is 9.59 Å². The molecule has 2 amide bonds. The van der Waals surface area contributed by atoms with Gasteiger partial charge < -0.3 is 29.9 Å². The van der Waals surface area contributed by atoms with Gasteiger partial charge in [0.05, 0.1) is 0 Å². The zero-order valence-corrected chi connectivity index (χ0v) is 17.0. The number of alkyl carbamates (subject to hydrolysis) is 1. The second-order valence-electron chi connectivity index (χ2n) is 6.96. The van der Waals surface area contributed by atoms with Gasteiger partial charge in [0.1, 0.15) is 12.6 Å². The molecule has 164 valence electrons. The van der Waals surface area contributed by atoms with Gasteiger partial charge in [-0.05, 0) is 17.2 Å². The van der Waals surface area contributed by atoms with Crippen molar-refractivity contribution in [1.29, 1.82) is 0 Å². The minimum Gasteiger partial charge on any atom is -0.445 e. The van der Waals surface area contributed by atoms with Crippen molar-refractivity contribution in [3.63, 3.8) is 0 Å². The molecule has 32 heavy (non-hydrogen) atoms. The molecule has 1 atom stereocenters. The number of aromatic nitrogens is 3. The highest BCUT2D eigenvalue weighted by atomic mass is 16.6. The van der Waals surface area contributed by atoms with E-state index in [-0.39, 0.29) is 25.0 Å². The number of amides is 2. The molecule has 4 aromatic rings. The van der Waals surface area contributed by atoms with E-state index in [9.17, 15) is 9.59 Å². The van der Waals surface area contributed by atoms with Crippen molar-refractivity contribution in [2.75, 3.05) is 0 Å². The summed E-state index contributed by atoms with van der Waals surface area (Å²) >= 11 is 0. The summed E-state index contributed by atoms with van der Waals surface area (Å²) in [6.45, 7) is -0.144. The molecule has 0 saturated carbocycles. The minimum absolute atomic E-state index is 0.0576. The topological polar surface area (TPSA) is 145 Å². The molecule has 4 rings (SSSR count). The number of ether oxygens (including phenoxy) is 2. The number of carbonyl (C=O) groups excluding carboxylic acids is 2. The van der Waals surface area contributed by atoms with Crippen LogP contribution in [-0.4, -0.2) is 27.4 Å². The molecule has 0 unspecified atom stereocenters. The Morgan fingerprint density at radius 2 is 1.81 bits per heavy atom. The summed E-state index contributed by atoms with van der Waals surface area (Å²) in [5.74, 6) is 0.206. The molecule has 0 saturated heterocycles. The van der Waals surface area contributed by atoms with E-state index in [0.29, 0.717) is 6.42 Å². The summed E-state index contributed by atoms with van der Waals surface area (Å²) in [5, 5.41) is 11.6. The van der Waals surface area contributed by atoms with Gasteiger partial charge in [-0.2, -0.15) is 0 Å². The van der Waals surface area contributed by atoms with E-state index in [4.69, 9.17) is 14.9 Å². The number of nitrogens with two attached hydrogens (primary N) is 1. The number of hydrogen-bond acceptors (Lipinski definition) is 7. The Morgan fingerprint density at radius 3 is 2.62 bits per heavy atom. The Kier molecular flexibility index (Phi) is 6.30. The van der Waals surface area contributed by atoms with Crippen molar-refractivity contribution < 1.29 is 23.5 Å². The smallest absolute Gasteiger partial charge is 0.408 e. The van der Waals surface area contributed by atoms with Crippen molar-refractivity contribution in [3.8, 4) is 0 Å². The van der Waals surface area contributed by atoms with E-state index in [1.807, 2.05) is 60.8 Å². The third-order valence-electron chi connectivity index (χ3n) is 4.72. The summed E-state index contributed by atoms with van der Waals surface area (Å²) < 4.78 is 15.6. The molecule has 0 bridgehead atoms. The molecule has 0 radical (unpaired) electrons. The first-order valence-electron chi connectivity index (χ1n) is 9.85. The fraction of sp³-hybridized carbons (Fsp3) is 0.182. The molecule has 0 aliphatic rings. The highest BCUT2D eigenvalue weighted by Gasteiger charge is 2.24. The Hall–Kier alpha value is -4.34. The van der Waals surface area contributed by atoms with Crippen LogP contribution >= 0.6 is 0 Å². The Balaban J connectivity index is 1.50.